The van der Waals surface area contributed by atoms with Gasteiger partial charge in [0.2, 0.25) is 5.91 Å². The third-order valence-corrected chi connectivity index (χ3v) is 3.92. The van der Waals surface area contributed by atoms with E-state index in [2.05, 4.69) is 10.3 Å². The van der Waals surface area contributed by atoms with E-state index in [0.717, 1.165) is 31.4 Å². The van der Waals surface area contributed by atoms with Crippen LogP contribution in [0.2, 0.25) is 0 Å². The van der Waals surface area contributed by atoms with Gasteiger partial charge in [-0.15, -0.1) is 24.8 Å². The van der Waals surface area contributed by atoms with E-state index in [-0.39, 0.29) is 42.7 Å². The number of aryl methyl sites for hydroxylation is 1. The van der Waals surface area contributed by atoms with E-state index in [1.54, 1.807) is 12.4 Å². The monoisotopic (exact) mass is 376 g/mol. The molecule has 1 aliphatic rings. The van der Waals surface area contributed by atoms with Crippen molar-refractivity contribution in [2.45, 2.75) is 38.6 Å². The fraction of sp³-hybridized carbons (Fsp3) is 0.562. The summed E-state index contributed by atoms with van der Waals surface area (Å²) in [5.74, 6) is -0.0633. The molecule has 0 radical (unpaired) electrons. The van der Waals surface area contributed by atoms with Crippen LogP contribution in [0.1, 0.15) is 41.6 Å². The minimum absolute atomic E-state index is 0. The number of nitrogens with one attached hydrogen (secondary N) is 1. The maximum absolute atomic E-state index is 12.7. The lowest BCUT2D eigenvalue weighted by Gasteiger charge is -2.36. The quantitative estimate of drug-likeness (QED) is 0.818. The number of halogens is 2. The van der Waals surface area contributed by atoms with Crippen molar-refractivity contribution in [3.63, 3.8) is 0 Å². The molecule has 1 atom stereocenters. The zero-order valence-corrected chi connectivity index (χ0v) is 15.5. The maximum atomic E-state index is 12.7. The molecule has 0 saturated carbocycles. The number of piperidine rings is 1. The van der Waals surface area contributed by atoms with Crippen LogP contribution < -0.4 is 11.1 Å². The SMILES string of the molecule is Cc1cncc(C(=O)N2CCCCC2CNC(=O)CCN)c1.Cl.Cl. The largest absolute Gasteiger partial charge is 0.354 e. The van der Waals surface area contributed by atoms with E-state index in [9.17, 15) is 9.59 Å². The molecule has 24 heavy (non-hydrogen) atoms. The summed E-state index contributed by atoms with van der Waals surface area (Å²) in [4.78, 5) is 30.2. The van der Waals surface area contributed by atoms with E-state index in [1.165, 1.54) is 0 Å². The normalized spacial score (nSPS) is 16.6. The number of likely N-dealkylation sites (tertiary alicyclic amines) is 1. The van der Waals surface area contributed by atoms with Gasteiger partial charge in [0.1, 0.15) is 0 Å². The van der Waals surface area contributed by atoms with Crippen LogP contribution in [0, 0.1) is 6.92 Å². The van der Waals surface area contributed by atoms with Gasteiger partial charge >= 0.3 is 0 Å². The summed E-state index contributed by atoms with van der Waals surface area (Å²) in [6.07, 6.45) is 6.65. The lowest BCUT2D eigenvalue weighted by molar-refractivity contribution is -0.121. The van der Waals surface area contributed by atoms with Crippen molar-refractivity contribution < 1.29 is 9.59 Å². The van der Waals surface area contributed by atoms with Gasteiger partial charge in [-0.1, -0.05) is 0 Å². The Balaban J connectivity index is 0.00000264. The minimum Gasteiger partial charge on any atom is -0.354 e. The molecule has 1 aromatic heterocycles. The molecular weight excluding hydrogens is 351 g/mol. The number of carbonyl (C=O) groups is 2. The Morgan fingerprint density at radius 1 is 1.33 bits per heavy atom. The number of pyridine rings is 1. The van der Waals surface area contributed by atoms with Crippen LogP contribution in [0.3, 0.4) is 0 Å². The standard InChI is InChI=1S/C16H24N4O2.2ClH/c1-12-8-13(10-18-9-12)16(22)20-7-3-2-4-14(20)11-19-15(21)5-6-17;;/h8-10,14H,2-7,11,17H2,1H3,(H,19,21);2*1H. The van der Waals surface area contributed by atoms with Crippen molar-refractivity contribution in [3.05, 3.63) is 29.6 Å². The summed E-state index contributed by atoms with van der Waals surface area (Å²) < 4.78 is 0. The number of hydrogen-bond acceptors (Lipinski definition) is 4. The zero-order valence-electron chi connectivity index (χ0n) is 13.9. The molecule has 1 unspecified atom stereocenters. The molecule has 8 heteroatoms. The maximum Gasteiger partial charge on any atom is 0.255 e. The Kier molecular flexibility index (Phi) is 10.6. The molecule has 1 fully saturated rings. The van der Waals surface area contributed by atoms with Gasteiger partial charge in [-0.05, 0) is 37.8 Å². The first-order chi connectivity index (χ1) is 10.6. The summed E-state index contributed by atoms with van der Waals surface area (Å²) >= 11 is 0. The van der Waals surface area contributed by atoms with E-state index in [0.29, 0.717) is 25.1 Å². The minimum atomic E-state index is -0.0577. The Morgan fingerprint density at radius 3 is 2.75 bits per heavy atom. The Morgan fingerprint density at radius 2 is 2.08 bits per heavy atom. The van der Waals surface area contributed by atoms with Crippen molar-refractivity contribution in [2.75, 3.05) is 19.6 Å². The van der Waals surface area contributed by atoms with Crippen molar-refractivity contribution in [1.82, 2.24) is 15.2 Å². The number of nitrogens with zero attached hydrogens (tertiary/aromatic N) is 2. The number of carbonyl (C=O) groups excluding carboxylic acids is 2. The number of aromatic nitrogens is 1. The summed E-state index contributed by atoms with van der Waals surface area (Å²) in [6, 6.07) is 1.90. The van der Waals surface area contributed by atoms with Gasteiger partial charge in [-0.3, -0.25) is 14.6 Å². The van der Waals surface area contributed by atoms with Gasteiger partial charge in [0.05, 0.1) is 5.56 Å². The molecule has 2 heterocycles. The first-order valence-electron chi connectivity index (χ1n) is 7.81. The summed E-state index contributed by atoms with van der Waals surface area (Å²) in [6.45, 7) is 3.48. The Bertz CT molecular complexity index is 543. The van der Waals surface area contributed by atoms with Crippen LogP contribution in [0.4, 0.5) is 0 Å². The van der Waals surface area contributed by atoms with Gasteiger partial charge in [-0.2, -0.15) is 0 Å². The number of rotatable bonds is 5. The number of amides is 2. The summed E-state index contributed by atoms with van der Waals surface area (Å²) in [5, 5.41) is 2.87. The van der Waals surface area contributed by atoms with Gasteiger partial charge < -0.3 is 16.0 Å². The number of hydrogen-bond donors (Lipinski definition) is 2. The summed E-state index contributed by atoms with van der Waals surface area (Å²) in [7, 11) is 0. The highest BCUT2D eigenvalue weighted by Gasteiger charge is 2.27. The molecule has 6 nitrogen and oxygen atoms in total. The Hall–Kier alpha value is -1.37. The highest BCUT2D eigenvalue weighted by molar-refractivity contribution is 5.94. The van der Waals surface area contributed by atoms with Crippen LogP contribution in [0.15, 0.2) is 18.5 Å². The van der Waals surface area contributed by atoms with Crippen molar-refractivity contribution >= 4 is 36.6 Å². The van der Waals surface area contributed by atoms with Crippen molar-refractivity contribution in [2.24, 2.45) is 5.73 Å². The highest BCUT2D eigenvalue weighted by Crippen LogP contribution is 2.19. The van der Waals surface area contributed by atoms with Crippen molar-refractivity contribution in [3.8, 4) is 0 Å². The second-order valence-corrected chi connectivity index (χ2v) is 5.74. The molecule has 0 spiro atoms. The van der Waals surface area contributed by atoms with Gasteiger partial charge in [0.25, 0.3) is 5.91 Å². The molecule has 0 aromatic carbocycles. The second-order valence-electron chi connectivity index (χ2n) is 5.74. The summed E-state index contributed by atoms with van der Waals surface area (Å²) in [5.41, 5.74) is 6.95. The average molecular weight is 377 g/mol. The molecule has 1 saturated heterocycles. The van der Waals surface area contributed by atoms with Crippen LogP contribution in [0.5, 0.6) is 0 Å². The predicted octanol–water partition coefficient (Wildman–Crippen LogP) is 1.69. The third kappa shape index (κ3) is 6.26. The molecule has 2 amide bonds. The fourth-order valence-corrected chi connectivity index (χ4v) is 2.77. The van der Waals surface area contributed by atoms with Gasteiger partial charge in [0.15, 0.2) is 0 Å². The zero-order chi connectivity index (χ0) is 15.9. The molecule has 0 bridgehead atoms. The van der Waals surface area contributed by atoms with E-state index in [1.807, 2.05) is 17.9 Å². The van der Waals surface area contributed by atoms with E-state index >= 15 is 0 Å². The smallest absolute Gasteiger partial charge is 0.255 e. The lowest BCUT2D eigenvalue weighted by atomic mass is 10.0. The molecule has 1 aromatic rings. The van der Waals surface area contributed by atoms with Crippen LogP contribution in [-0.2, 0) is 4.79 Å². The highest BCUT2D eigenvalue weighted by atomic mass is 35.5. The topological polar surface area (TPSA) is 88.3 Å². The molecule has 0 aliphatic carbocycles. The van der Waals surface area contributed by atoms with Gasteiger partial charge in [0, 0.05) is 44.5 Å². The van der Waals surface area contributed by atoms with Crippen molar-refractivity contribution in [1.29, 1.82) is 0 Å². The van der Waals surface area contributed by atoms with Gasteiger partial charge in [-0.25, -0.2) is 0 Å². The second kappa shape index (κ2) is 11.2. The molecule has 3 N–H and O–H groups in total. The predicted molar refractivity (Wildman–Crippen MR) is 98.8 cm³/mol. The number of nitrogens with two attached hydrogens (primary N) is 1. The van der Waals surface area contributed by atoms with E-state index < -0.39 is 0 Å². The fourth-order valence-electron chi connectivity index (χ4n) is 2.77. The van der Waals surface area contributed by atoms with Crippen LogP contribution in [0.25, 0.3) is 0 Å². The molecule has 1 aliphatic heterocycles. The van der Waals surface area contributed by atoms with Crippen LogP contribution >= 0.6 is 24.8 Å². The molecule has 2 rings (SSSR count). The van der Waals surface area contributed by atoms with Crippen LogP contribution in [-0.4, -0.2) is 47.4 Å². The first-order valence-corrected chi connectivity index (χ1v) is 7.81. The lowest BCUT2D eigenvalue weighted by Crippen LogP contribution is -2.49. The average Bonchev–Trinajstić information content (AvgIpc) is 2.53. The first kappa shape index (κ1) is 22.6. The Labute approximate surface area is 155 Å². The molecular formula is C16H26Cl2N4O2. The molecule has 136 valence electrons. The third-order valence-electron chi connectivity index (χ3n) is 3.92. The van der Waals surface area contributed by atoms with E-state index in [4.69, 9.17) is 5.73 Å².